The van der Waals surface area contributed by atoms with Crippen LogP contribution in [0.5, 0.6) is 0 Å². The Morgan fingerprint density at radius 1 is 1.27 bits per heavy atom. The lowest BCUT2D eigenvalue weighted by Gasteiger charge is -2.17. The maximum Gasteiger partial charge on any atom is 0.343 e. The number of hydrogen-bond acceptors (Lipinski definition) is 2. The minimum Gasteiger partial charge on any atom is -0.479 e. The van der Waals surface area contributed by atoms with Crippen molar-refractivity contribution in [2.24, 2.45) is 5.92 Å². The average molecular weight is 313 g/mol. The maximum atomic E-state index is 14.0. The van der Waals surface area contributed by atoms with Crippen LogP contribution in [0, 0.1) is 17.6 Å². The van der Waals surface area contributed by atoms with Gasteiger partial charge < -0.3 is 10.0 Å². The summed E-state index contributed by atoms with van der Waals surface area (Å²) in [6, 6.07) is 3.50. The van der Waals surface area contributed by atoms with Crippen LogP contribution in [-0.2, 0) is 9.59 Å². The van der Waals surface area contributed by atoms with Gasteiger partial charge in [-0.3, -0.25) is 4.79 Å². The summed E-state index contributed by atoms with van der Waals surface area (Å²) in [6.07, 6.45) is 0.253. The second-order valence-electron chi connectivity index (χ2n) is 5.90. The number of hydrogen-bond donors (Lipinski definition) is 1. The zero-order valence-corrected chi connectivity index (χ0v) is 11.6. The number of amides is 1. The number of nitrogens with zero attached hydrogens (tertiary/aromatic N) is 1. The summed E-state index contributed by atoms with van der Waals surface area (Å²) in [5.74, 6) is -4.43. The third-order valence-electron chi connectivity index (χ3n) is 4.39. The van der Waals surface area contributed by atoms with Crippen molar-refractivity contribution >= 4 is 11.9 Å². The smallest absolute Gasteiger partial charge is 0.343 e. The molecule has 1 aliphatic carbocycles. The molecule has 1 heterocycles. The van der Waals surface area contributed by atoms with Crippen molar-refractivity contribution in [1.82, 2.24) is 4.90 Å². The lowest BCUT2D eigenvalue weighted by molar-refractivity contribution is -0.150. The van der Waals surface area contributed by atoms with Crippen molar-refractivity contribution in [3.05, 3.63) is 35.4 Å². The topological polar surface area (TPSA) is 57.6 Å². The van der Waals surface area contributed by atoms with Gasteiger partial charge in [0.25, 0.3) is 0 Å². The molecule has 1 saturated heterocycles. The first-order valence-electron chi connectivity index (χ1n) is 6.98. The van der Waals surface area contributed by atoms with Crippen LogP contribution in [0.15, 0.2) is 18.2 Å². The molecule has 2 fully saturated rings. The van der Waals surface area contributed by atoms with E-state index in [0.29, 0.717) is 12.0 Å². The number of rotatable bonds is 3. The van der Waals surface area contributed by atoms with E-state index in [0.717, 1.165) is 12.1 Å². The summed E-state index contributed by atoms with van der Waals surface area (Å²) in [5, 5.41) is 8.82. The summed E-state index contributed by atoms with van der Waals surface area (Å²) >= 11 is 0. The van der Waals surface area contributed by atoms with Gasteiger partial charge in [-0.2, -0.15) is 0 Å². The van der Waals surface area contributed by atoms with Crippen LogP contribution in [0.3, 0.4) is 0 Å². The zero-order chi connectivity index (χ0) is 16.1. The van der Waals surface area contributed by atoms with Crippen molar-refractivity contribution in [2.45, 2.75) is 24.4 Å². The quantitative estimate of drug-likeness (QED) is 0.929. The van der Waals surface area contributed by atoms with E-state index >= 15 is 0 Å². The van der Waals surface area contributed by atoms with Gasteiger partial charge in [-0.15, -0.1) is 0 Å². The SMILES string of the molecule is O=C(C1CC1c1ccc(F)c(F)c1)N1CCC(F)(C(=O)O)C1. The van der Waals surface area contributed by atoms with Crippen molar-refractivity contribution in [3.8, 4) is 0 Å². The number of likely N-dealkylation sites (tertiary alicyclic amines) is 1. The second kappa shape index (κ2) is 5.00. The molecule has 22 heavy (non-hydrogen) atoms. The summed E-state index contributed by atoms with van der Waals surface area (Å²) in [7, 11) is 0. The number of benzene rings is 1. The monoisotopic (exact) mass is 313 g/mol. The van der Waals surface area contributed by atoms with Crippen LogP contribution in [0.2, 0.25) is 0 Å². The van der Waals surface area contributed by atoms with E-state index in [4.69, 9.17) is 5.11 Å². The van der Waals surface area contributed by atoms with Gasteiger partial charge >= 0.3 is 5.97 Å². The third kappa shape index (κ3) is 2.44. The highest BCUT2D eigenvalue weighted by Crippen LogP contribution is 2.49. The minimum atomic E-state index is -2.39. The molecule has 3 atom stereocenters. The Kier molecular flexibility index (Phi) is 3.38. The number of carboxylic acids is 1. The zero-order valence-electron chi connectivity index (χ0n) is 11.6. The third-order valence-corrected chi connectivity index (χ3v) is 4.39. The summed E-state index contributed by atoms with van der Waals surface area (Å²) < 4.78 is 40.1. The molecule has 118 valence electrons. The summed E-state index contributed by atoms with van der Waals surface area (Å²) in [6.45, 7) is -0.398. The van der Waals surface area contributed by atoms with Gasteiger partial charge in [-0.05, 0) is 30.0 Å². The minimum absolute atomic E-state index is 0.0582. The van der Waals surface area contributed by atoms with Crippen molar-refractivity contribution in [1.29, 1.82) is 0 Å². The Balaban J connectivity index is 1.66. The number of aliphatic carboxylic acids is 1. The Hall–Kier alpha value is -2.05. The van der Waals surface area contributed by atoms with E-state index in [1.54, 1.807) is 0 Å². The predicted molar refractivity (Wildman–Crippen MR) is 69.9 cm³/mol. The molecule has 7 heteroatoms. The van der Waals surface area contributed by atoms with Crippen LogP contribution in [0.4, 0.5) is 13.2 Å². The molecule has 1 aromatic rings. The normalized spacial score (nSPS) is 30.4. The molecule has 2 aliphatic rings. The van der Waals surface area contributed by atoms with Gasteiger partial charge in [-0.25, -0.2) is 18.0 Å². The molecule has 1 aromatic carbocycles. The Morgan fingerprint density at radius 2 is 2.00 bits per heavy atom. The Morgan fingerprint density at radius 3 is 2.59 bits per heavy atom. The fourth-order valence-electron chi connectivity index (χ4n) is 2.95. The Labute approximate surface area is 124 Å². The molecule has 3 rings (SSSR count). The number of carbonyl (C=O) groups is 2. The molecule has 0 radical (unpaired) electrons. The number of alkyl halides is 1. The molecule has 1 aliphatic heterocycles. The van der Waals surface area contributed by atoms with E-state index in [-0.39, 0.29) is 24.8 Å². The lowest BCUT2D eigenvalue weighted by atomic mass is 10.1. The first-order chi connectivity index (χ1) is 10.3. The number of carboxylic acid groups (broad SMARTS) is 1. The highest BCUT2D eigenvalue weighted by molar-refractivity contribution is 5.86. The average Bonchev–Trinajstić information content (AvgIpc) is 3.16. The molecule has 1 amide bonds. The maximum absolute atomic E-state index is 14.0. The van der Waals surface area contributed by atoms with Crippen LogP contribution in [0.25, 0.3) is 0 Å². The molecule has 0 bridgehead atoms. The summed E-state index contributed by atoms with van der Waals surface area (Å²) in [4.78, 5) is 24.3. The molecule has 0 spiro atoms. The van der Waals surface area contributed by atoms with Crippen molar-refractivity contribution in [3.63, 3.8) is 0 Å². The van der Waals surface area contributed by atoms with E-state index in [1.807, 2.05) is 0 Å². The first-order valence-corrected chi connectivity index (χ1v) is 6.98. The van der Waals surface area contributed by atoms with Crippen LogP contribution < -0.4 is 0 Å². The standard InChI is InChI=1S/C15H14F3NO3/c16-11-2-1-8(5-12(11)17)9-6-10(9)13(20)19-4-3-15(18,7-19)14(21)22/h1-2,5,9-10H,3-4,6-7H2,(H,21,22). The van der Waals surface area contributed by atoms with Gasteiger partial charge in [0.1, 0.15) is 0 Å². The van der Waals surface area contributed by atoms with Crippen molar-refractivity contribution in [2.75, 3.05) is 13.1 Å². The predicted octanol–water partition coefficient (Wildman–Crippen LogP) is 2.09. The van der Waals surface area contributed by atoms with Gasteiger partial charge in [0.15, 0.2) is 11.6 Å². The van der Waals surface area contributed by atoms with Crippen LogP contribution in [0.1, 0.15) is 24.3 Å². The van der Waals surface area contributed by atoms with Gasteiger partial charge in [-0.1, -0.05) is 6.07 Å². The van der Waals surface area contributed by atoms with Crippen LogP contribution in [-0.4, -0.2) is 40.6 Å². The second-order valence-corrected chi connectivity index (χ2v) is 5.90. The molecular formula is C15H14F3NO3. The highest BCUT2D eigenvalue weighted by atomic mass is 19.2. The van der Waals surface area contributed by atoms with Gasteiger partial charge in [0.2, 0.25) is 11.6 Å². The fourth-order valence-corrected chi connectivity index (χ4v) is 2.95. The first kappa shape index (κ1) is 14.9. The Bertz CT molecular complexity index is 651. The summed E-state index contributed by atoms with van der Waals surface area (Å²) in [5.41, 5.74) is -1.86. The molecule has 3 unspecified atom stereocenters. The lowest BCUT2D eigenvalue weighted by Crippen LogP contribution is -2.39. The highest BCUT2D eigenvalue weighted by Gasteiger charge is 2.52. The van der Waals surface area contributed by atoms with E-state index in [1.165, 1.54) is 11.0 Å². The van der Waals surface area contributed by atoms with E-state index in [2.05, 4.69) is 0 Å². The molecule has 0 aromatic heterocycles. The molecule has 4 nitrogen and oxygen atoms in total. The number of halogens is 3. The van der Waals surface area contributed by atoms with Crippen LogP contribution >= 0.6 is 0 Å². The fraction of sp³-hybridized carbons (Fsp3) is 0.467. The van der Waals surface area contributed by atoms with E-state index < -0.39 is 35.7 Å². The van der Waals surface area contributed by atoms with Gasteiger partial charge in [0, 0.05) is 18.9 Å². The molecular weight excluding hydrogens is 299 g/mol. The van der Waals surface area contributed by atoms with Crippen molar-refractivity contribution < 1.29 is 27.9 Å². The van der Waals surface area contributed by atoms with Gasteiger partial charge in [0.05, 0.1) is 6.54 Å². The molecule has 1 N–H and O–H groups in total. The largest absolute Gasteiger partial charge is 0.479 e. The number of carbonyl (C=O) groups excluding carboxylic acids is 1. The van der Waals surface area contributed by atoms with E-state index in [9.17, 15) is 22.8 Å². The molecule has 1 saturated carbocycles.